The second-order valence-corrected chi connectivity index (χ2v) is 11.5. The molecule has 7 atom stereocenters. The van der Waals surface area contributed by atoms with Gasteiger partial charge in [0.1, 0.15) is 30.0 Å². The van der Waals surface area contributed by atoms with Gasteiger partial charge in [0, 0.05) is 22.8 Å². The van der Waals surface area contributed by atoms with Gasteiger partial charge in [-0.2, -0.15) is 9.65 Å². The van der Waals surface area contributed by atoms with Crippen LogP contribution in [0.5, 0.6) is 5.75 Å². The van der Waals surface area contributed by atoms with Crippen molar-refractivity contribution in [3.63, 3.8) is 0 Å². The molecule has 0 bridgehead atoms. The number of hydrogen-bond acceptors (Lipinski definition) is 10. The molecule has 1 aromatic heterocycles. The van der Waals surface area contributed by atoms with E-state index in [1.54, 1.807) is 12.1 Å². The van der Waals surface area contributed by atoms with Crippen LogP contribution in [0.25, 0.3) is 11.3 Å². The molecule has 12 nitrogen and oxygen atoms in total. The number of nitriles is 1. The van der Waals surface area contributed by atoms with E-state index in [4.69, 9.17) is 14.2 Å². The summed E-state index contributed by atoms with van der Waals surface area (Å²) < 4.78 is 46.6. The van der Waals surface area contributed by atoms with Gasteiger partial charge in [-0.1, -0.05) is 21.1 Å². The summed E-state index contributed by atoms with van der Waals surface area (Å²) in [5, 5.41) is 49.9. The summed E-state index contributed by atoms with van der Waals surface area (Å²) in [4.78, 5) is 15.8. The summed E-state index contributed by atoms with van der Waals surface area (Å²) in [6.07, 6.45) is -3.21. The predicted octanol–water partition coefficient (Wildman–Crippen LogP) is 2.49. The van der Waals surface area contributed by atoms with E-state index in [9.17, 15) is 34.2 Å². The first kappa shape index (κ1) is 31.9. The van der Waals surface area contributed by atoms with E-state index in [1.807, 2.05) is 0 Å². The molecule has 0 unspecified atom stereocenters. The molecule has 2 fully saturated rings. The lowest BCUT2D eigenvalue weighted by atomic mass is 9.91. The lowest BCUT2D eigenvalue weighted by Crippen LogP contribution is -2.62. The van der Waals surface area contributed by atoms with Crippen LogP contribution in [-0.4, -0.2) is 93.6 Å². The molecule has 44 heavy (non-hydrogen) atoms. The first-order valence-corrected chi connectivity index (χ1v) is 14.5. The molecule has 2 aliphatic rings. The topological polar surface area (TPSA) is 163 Å². The van der Waals surface area contributed by atoms with Gasteiger partial charge in [0.05, 0.1) is 43.7 Å². The molecule has 1 saturated heterocycles. The number of halogens is 3. The average Bonchev–Trinajstić information content (AvgIpc) is 3.67. The second kappa shape index (κ2) is 13.2. The summed E-state index contributed by atoms with van der Waals surface area (Å²) in [6, 6.07) is 7.18. The minimum absolute atomic E-state index is 0.105. The molecule has 3 N–H and O–H groups in total. The van der Waals surface area contributed by atoms with Crippen molar-refractivity contribution in [1.82, 2.24) is 15.0 Å². The Labute approximate surface area is 259 Å². The zero-order valence-corrected chi connectivity index (χ0v) is 25.3. The van der Waals surface area contributed by atoms with Gasteiger partial charge in [0.2, 0.25) is 5.82 Å². The summed E-state index contributed by atoms with van der Waals surface area (Å²) in [6.45, 7) is -0.665. The maximum absolute atomic E-state index is 14.4. The Bertz CT molecular complexity index is 1570. The molecular weight excluding hydrogens is 648 g/mol. The maximum atomic E-state index is 14.4. The van der Waals surface area contributed by atoms with E-state index < -0.39 is 66.8 Å². The van der Waals surface area contributed by atoms with Crippen molar-refractivity contribution in [2.45, 2.75) is 61.9 Å². The molecule has 1 aliphatic carbocycles. The highest BCUT2D eigenvalue weighted by molar-refractivity contribution is 9.10. The van der Waals surface area contributed by atoms with E-state index in [0.29, 0.717) is 29.4 Å². The van der Waals surface area contributed by atoms with Gasteiger partial charge in [0.15, 0.2) is 17.7 Å². The Balaban J connectivity index is 1.55. The van der Waals surface area contributed by atoms with Crippen LogP contribution in [0.1, 0.15) is 30.9 Å². The number of carbonyl (C=O) groups excluding carboxylic acids is 1. The van der Waals surface area contributed by atoms with Crippen LogP contribution in [-0.2, 0) is 14.3 Å². The number of amides is 1. The zero-order valence-electron chi connectivity index (χ0n) is 23.7. The van der Waals surface area contributed by atoms with E-state index in [0.717, 1.165) is 6.07 Å². The van der Waals surface area contributed by atoms with Crippen LogP contribution in [0, 0.1) is 23.0 Å². The molecule has 0 spiro atoms. The third-order valence-corrected chi connectivity index (χ3v) is 8.47. The van der Waals surface area contributed by atoms with Crippen molar-refractivity contribution in [1.29, 1.82) is 5.26 Å². The van der Waals surface area contributed by atoms with Gasteiger partial charge in [-0.05, 0) is 49.6 Å². The lowest BCUT2D eigenvalue weighted by molar-refractivity contribution is -0.211. The number of benzene rings is 2. The van der Waals surface area contributed by atoms with Crippen molar-refractivity contribution in [2.24, 2.45) is 0 Å². The van der Waals surface area contributed by atoms with Crippen molar-refractivity contribution in [2.75, 3.05) is 25.7 Å². The minimum Gasteiger partial charge on any atom is -0.494 e. The number of aliphatic hydroxyl groups excluding tert-OH is 3. The number of ether oxygens (including phenoxy) is 3. The molecular formula is C29H30BrF2N5O7. The fraction of sp³-hybridized carbons (Fsp3) is 0.448. The van der Waals surface area contributed by atoms with E-state index in [2.05, 4.69) is 32.3 Å². The number of carbonyl (C=O) groups is 1. The molecule has 2 heterocycles. The number of nitrogens with zero attached hydrogens (tertiary/aromatic N) is 5. The summed E-state index contributed by atoms with van der Waals surface area (Å²) in [7, 11) is 2.50. The van der Waals surface area contributed by atoms with Crippen LogP contribution < -0.4 is 9.64 Å². The van der Waals surface area contributed by atoms with Gasteiger partial charge < -0.3 is 34.4 Å². The largest absolute Gasteiger partial charge is 0.494 e. The Morgan fingerprint density at radius 1 is 1.23 bits per heavy atom. The molecule has 0 radical (unpaired) electrons. The van der Waals surface area contributed by atoms with Crippen LogP contribution in [0.15, 0.2) is 41.0 Å². The van der Waals surface area contributed by atoms with E-state index in [-0.39, 0.29) is 22.6 Å². The first-order valence-electron chi connectivity index (χ1n) is 13.8. The fourth-order valence-electron chi connectivity index (χ4n) is 5.89. The van der Waals surface area contributed by atoms with Crippen molar-refractivity contribution in [3.05, 3.63) is 58.2 Å². The standard InChI is InChI=1S/C29H30BrF2N5O7/c1-42-22-9-15(8-18(31)24(22)32)19-12-36(35-34-19)25-26(40)23(13-38)44-28(27(25)43-2)29(41)37(20-4-3-5-21(20)39)17-7-14(11-33)6-16(30)10-17/h6-10,12,20-21,23,25-28,38-40H,3-5,13H2,1-2H3/t20-,21-,23+,25-,26-,27+,28+/m0/s1. The zero-order chi connectivity index (χ0) is 31.7. The van der Waals surface area contributed by atoms with Gasteiger partial charge >= 0.3 is 0 Å². The van der Waals surface area contributed by atoms with Crippen LogP contribution in [0.2, 0.25) is 0 Å². The smallest absolute Gasteiger partial charge is 0.259 e. The number of hydrogen-bond donors (Lipinski definition) is 3. The van der Waals surface area contributed by atoms with Crippen molar-refractivity contribution in [3.8, 4) is 23.1 Å². The van der Waals surface area contributed by atoms with Gasteiger partial charge in [0.25, 0.3) is 5.91 Å². The van der Waals surface area contributed by atoms with Crippen molar-refractivity contribution < 1.29 is 43.1 Å². The summed E-state index contributed by atoms with van der Waals surface area (Å²) >= 11 is 3.38. The molecule has 3 aromatic rings. The predicted molar refractivity (Wildman–Crippen MR) is 154 cm³/mol. The van der Waals surface area contributed by atoms with Crippen molar-refractivity contribution >= 4 is 27.5 Å². The quantitative estimate of drug-likeness (QED) is 0.323. The number of methoxy groups -OCH3 is 2. The molecule has 2 aromatic carbocycles. The Kier molecular flexibility index (Phi) is 9.59. The van der Waals surface area contributed by atoms with Crippen LogP contribution >= 0.6 is 15.9 Å². The molecule has 1 saturated carbocycles. The SMILES string of the molecule is COc1cc(-c2cn([C@H]3[C@@H](O)[C@@H](CO)O[C@@H](C(=O)N(c4cc(Br)cc(C#N)c4)[C@H]4CCC[C@@H]4O)[C@@H]3OC)nn2)cc(F)c1F. The minimum atomic E-state index is -1.44. The van der Waals surface area contributed by atoms with E-state index >= 15 is 0 Å². The Hall–Kier alpha value is -3.52. The van der Waals surface area contributed by atoms with Crippen LogP contribution in [0.3, 0.4) is 0 Å². The molecule has 234 valence electrons. The van der Waals surface area contributed by atoms with Gasteiger partial charge in [-0.3, -0.25) is 4.79 Å². The maximum Gasteiger partial charge on any atom is 0.259 e. The number of anilines is 1. The Morgan fingerprint density at radius 2 is 2.00 bits per heavy atom. The highest BCUT2D eigenvalue weighted by Crippen LogP contribution is 2.38. The van der Waals surface area contributed by atoms with E-state index in [1.165, 1.54) is 42.1 Å². The lowest BCUT2D eigenvalue weighted by Gasteiger charge is -2.45. The molecule has 1 amide bonds. The monoisotopic (exact) mass is 677 g/mol. The summed E-state index contributed by atoms with van der Waals surface area (Å²) in [5.74, 6) is -3.31. The summed E-state index contributed by atoms with van der Waals surface area (Å²) in [5.41, 5.74) is 0.855. The number of rotatable bonds is 8. The second-order valence-electron chi connectivity index (χ2n) is 10.6. The third-order valence-electron chi connectivity index (χ3n) is 8.01. The normalized spacial score (nSPS) is 26.8. The molecule has 15 heteroatoms. The van der Waals surface area contributed by atoms with Crippen LogP contribution in [0.4, 0.5) is 14.5 Å². The average molecular weight is 678 g/mol. The highest BCUT2D eigenvalue weighted by atomic mass is 79.9. The number of aliphatic hydroxyl groups is 3. The fourth-order valence-corrected chi connectivity index (χ4v) is 6.37. The van der Waals surface area contributed by atoms with Gasteiger partial charge in [-0.15, -0.1) is 5.10 Å². The highest BCUT2D eigenvalue weighted by Gasteiger charge is 2.52. The third kappa shape index (κ3) is 5.93. The molecule has 5 rings (SSSR count). The molecule has 1 aliphatic heterocycles. The van der Waals surface area contributed by atoms with Gasteiger partial charge in [-0.25, -0.2) is 9.07 Å². The number of aromatic nitrogens is 3. The Morgan fingerprint density at radius 3 is 2.64 bits per heavy atom. The first-order chi connectivity index (χ1) is 21.1.